The van der Waals surface area contributed by atoms with Gasteiger partial charge >= 0.3 is 0 Å². The Morgan fingerprint density at radius 1 is 1.03 bits per heavy atom. The van der Waals surface area contributed by atoms with Crippen LogP contribution >= 0.6 is 49.9 Å². The highest BCUT2D eigenvalue weighted by Crippen LogP contribution is 2.33. The van der Waals surface area contributed by atoms with E-state index in [1.807, 2.05) is 54.6 Å². The van der Waals surface area contributed by atoms with Crippen molar-refractivity contribution in [2.75, 3.05) is 0 Å². The largest absolute Gasteiger partial charge is 0.487 e. The van der Waals surface area contributed by atoms with Gasteiger partial charge in [-0.05, 0) is 90.8 Å². The quantitative estimate of drug-likeness (QED) is 0.206. The lowest BCUT2D eigenvalue weighted by atomic mass is 10.1. The van der Waals surface area contributed by atoms with E-state index in [2.05, 4.69) is 73.8 Å². The zero-order chi connectivity index (χ0) is 23.2. The van der Waals surface area contributed by atoms with Crippen molar-refractivity contribution in [2.45, 2.75) is 6.61 Å². The maximum Gasteiger partial charge on any atom is 0.274 e. The van der Waals surface area contributed by atoms with Gasteiger partial charge in [0.2, 0.25) is 0 Å². The lowest BCUT2D eigenvalue weighted by Gasteiger charge is -2.13. The predicted octanol–water partition coefficient (Wildman–Crippen LogP) is 6.56. The van der Waals surface area contributed by atoms with Gasteiger partial charge in [0.25, 0.3) is 5.56 Å². The number of benzene rings is 4. The number of rotatable bonds is 4. The zero-order valence-electron chi connectivity index (χ0n) is 17.7. The Labute approximate surface area is 220 Å². The van der Waals surface area contributed by atoms with Gasteiger partial charge in [-0.2, -0.15) is 0 Å². The standard InChI is InChI=1S/C27H16BrIN2O2S/c28-20-12-16(14-24-26(32)31-23-11-4-3-10-22(23)30-27(31)34-24)13-21(29)25(20)33-15-18-8-5-7-17-6-1-2-9-19(17)18/h1-14H,15H2/b24-14-. The normalized spacial score (nSPS) is 12.2. The lowest BCUT2D eigenvalue weighted by Crippen LogP contribution is -2.22. The molecule has 0 atom stereocenters. The van der Waals surface area contributed by atoms with Crippen LogP contribution in [-0.2, 0) is 6.61 Å². The first kappa shape index (κ1) is 21.8. The molecule has 0 spiro atoms. The maximum atomic E-state index is 13.1. The Balaban J connectivity index is 1.34. The average Bonchev–Trinajstić information content (AvgIpc) is 3.34. The van der Waals surface area contributed by atoms with E-state index < -0.39 is 0 Å². The van der Waals surface area contributed by atoms with Gasteiger partial charge < -0.3 is 4.74 Å². The summed E-state index contributed by atoms with van der Waals surface area (Å²) in [6, 6.07) is 26.3. The number of ether oxygens (including phenoxy) is 1. The van der Waals surface area contributed by atoms with Crippen molar-refractivity contribution in [3.8, 4) is 5.75 Å². The molecule has 6 aromatic rings. The van der Waals surface area contributed by atoms with Gasteiger partial charge in [0.15, 0.2) is 4.96 Å². The molecule has 0 radical (unpaired) electrons. The van der Waals surface area contributed by atoms with E-state index in [0.717, 1.165) is 36.0 Å². The molecule has 34 heavy (non-hydrogen) atoms. The Kier molecular flexibility index (Phi) is 5.63. The van der Waals surface area contributed by atoms with E-state index in [1.165, 1.54) is 22.1 Å². The smallest absolute Gasteiger partial charge is 0.274 e. The summed E-state index contributed by atoms with van der Waals surface area (Å²) in [5.41, 5.74) is 3.70. The molecule has 0 saturated heterocycles. The molecular formula is C27H16BrIN2O2S. The topological polar surface area (TPSA) is 43.6 Å². The molecule has 4 aromatic carbocycles. The second kappa shape index (κ2) is 8.79. The highest BCUT2D eigenvalue weighted by Gasteiger charge is 2.13. The van der Waals surface area contributed by atoms with E-state index in [0.29, 0.717) is 16.1 Å². The molecule has 0 fully saturated rings. The van der Waals surface area contributed by atoms with Gasteiger partial charge in [-0.3, -0.25) is 4.79 Å². The first-order chi connectivity index (χ1) is 16.6. The average molecular weight is 639 g/mol. The molecule has 4 nitrogen and oxygen atoms in total. The molecule has 0 aliphatic heterocycles. The molecule has 6 rings (SSSR count). The van der Waals surface area contributed by atoms with Crippen molar-refractivity contribution in [1.82, 2.24) is 9.38 Å². The summed E-state index contributed by atoms with van der Waals surface area (Å²) in [5, 5.41) is 2.39. The van der Waals surface area contributed by atoms with Crippen LogP contribution in [0.5, 0.6) is 5.75 Å². The molecule has 7 heteroatoms. The fourth-order valence-electron chi connectivity index (χ4n) is 4.13. The van der Waals surface area contributed by atoms with Gasteiger partial charge in [0, 0.05) is 0 Å². The molecule has 0 N–H and O–H groups in total. The molecule has 166 valence electrons. The molecular weight excluding hydrogens is 623 g/mol. The minimum absolute atomic E-state index is 0.0453. The van der Waals surface area contributed by atoms with E-state index in [9.17, 15) is 4.79 Å². The molecule has 0 bridgehead atoms. The third kappa shape index (κ3) is 3.81. The van der Waals surface area contributed by atoms with Crippen molar-refractivity contribution in [2.24, 2.45) is 0 Å². The van der Waals surface area contributed by atoms with Crippen molar-refractivity contribution < 1.29 is 4.74 Å². The summed E-state index contributed by atoms with van der Waals surface area (Å²) >= 11 is 7.36. The third-order valence-corrected chi connectivity index (χ3v) is 8.07. The van der Waals surface area contributed by atoms with E-state index >= 15 is 0 Å². The van der Waals surface area contributed by atoms with Crippen LogP contribution in [0.2, 0.25) is 0 Å². The van der Waals surface area contributed by atoms with Crippen LogP contribution in [0, 0.1) is 3.57 Å². The number of nitrogens with zero attached hydrogens (tertiary/aromatic N) is 2. The number of hydrogen-bond donors (Lipinski definition) is 0. The monoisotopic (exact) mass is 638 g/mol. The third-order valence-electron chi connectivity index (χ3n) is 5.72. The molecule has 2 aromatic heterocycles. The van der Waals surface area contributed by atoms with Crippen LogP contribution in [0.15, 0.2) is 88.1 Å². The highest BCUT2D eigenvalue weighted by atomic mass is 127. The fraction of sp³-hybridized carbons (Fsp3) is 0.0370. The van der Waals surface area contributed by atoms with Gasteiger partial charge in [-0.25, -0.2) is 9.38 Å². The summed E-state index contributed by atoms with van der Waals surface area (Å²) in [6.45, 7) is 0.471. The van der Waals surface area contributed by atoms with Crippen LogP contribution in [0.1, 0.15) is 11.1 Å². The zero-order valence-corrected chi connectivity index (χ0v) is 22.2. The summed E-state index contributed by atoms with van der Waals surface area (Å²) < 4.78 is 10.4. The highest BCUT2D eigenvalue weighted by molar-refractivity contribution is 14.1. The predicted molar refractivity (Wildman–Crippen MR) is 151 cm³/mol. The molecule has 0 unspecified atom stereocenters. The van der Waals surface area contributed by atoms with E-state index in [-0.39, 0.29) is 5.56 Å². The molecule has 0 aliphatic carbocycles. The minimum atomic E-state index is -0.0453. The molecule has 0 aliphatic rings. The number of aromatic nitrogens is 2. The minimum Gasteiger partial charge on any atom is -0.487 e. The van der Waals surface area contributed by atoms with Crippen LogP contribution in [0.4, 0.5) is 0 Å². The second-order valence-corrected chi connectivity index (χ2v) is 10.9. The van der Waals surface area contributed by atoms with Crippen molar-refractivity contribution >= 4 is 82.7 Å². The maximum absolute atomic E-state index is 13.1. The summed E-state index contributed by atoms with van der Waals surface area (Å²) in [5.74, 6) is 0.792. The Morgan fingerprint density at radius 3 is 2.71 bits per heavy atom. The van der Waals surface area contributed by atoms with Crippen molar-refractivity contribution in [3.05, 3.63) is 113 Å². The first-order valence-corrected chi connectivity index (χ1v) is 13.3. The second-order valence-electron chi connectivity index (χ2n) is 7.87. The Morgan fingerprint density at radius 2 is 1.82 bits per heavy atom. The van der Waals surface area contributed by atoms with Crippen molar-refractivity contribution in [1.29, 1.82) is 0 Å². The summed E-state index contributed by atoms with van der Waals surface area (Å²) in [4.78, 5) is 18.4. The fourth-order valence-corrected chi connectivity index (χ4v) is 6.89. The SMILES string of the molecule is O=c1/c(=C/c2cc(Br)c(OCc3cccc4ccccc34)c(I)c2)sc2nc3ccccc3n12. The Hall–Kier alpha value is -2.75. The van der Waals surface area contributed by atoms with Crippen LogP contribution < -0.4 is 14.8 Å². The molecule has 0 saturated carbocycles. The number of imidazole rings is 1. The van der Waals surface area contributed by atoms with Crippen molar-refractivity contribution in [3.63, 3.8) is 0 Å². The van der Waals surface area contributed by atoms with Crippen LogP contribution in [0.3, 0.4) is 0 Å². The summed E-state index contributed by atoms with van der Waals surface area (Å²) in [6.07, 6.45) is 1.91. The van der Waals surface area contributed by atoms with Crippen LogP contribution in [-0.4, -0.2) is 9.38 Å². The number of fused-ring (bicyclic) bond motifs is 4. The molecule has 0 amide bonds. The lowest BCUT2D eigenvalue weighted by molar-refractivity contribution is 0.303. The number of halogens is 2. The first-order valence-electron chi connectivity index (χ1n) is 10.6. The van der Waals surface area contributed by atoms with Crippen LogP contribution in [0.25, 0.3) is 32.8 Å². The molecule has 2 heterocycles. The van der Waals surface area contributed by atoms with Gasteiger partial charge in [0.05, 0.1) is 23.6 Å². The summed E-state index contributed by atoms with van der Waals surface area (Å²) in [7, 11) is 0. The van der Waals surface area contributed by atoms with E-state index in [1.54, 1.807) is 4.40 Å². The van der Waals surface area contributed by atoms with Gasteiger partial charge in [-0.1, -0.05) is 65.9 Å². The number of para-hydroxylation sites is 2. The number of thiazole rings is 1. The van der Waals surface area contributed by atoms with E-state index in [4.69, 9.17) is 4.74 Å². The number of hydrogen-bond acceptors (Lipinski definition) is 4. The van der Waals surface area contributed by atoms with Gasteiger partial charge in [-0.15, -0.1) is 0 Å². The Bertz CT molecular complexity index is 1800. The van der Waals surface area contributed by atoms with Gasteiger partial charge in [0.1, 0.15) is 12.4 Å².